The van der Waals surface area contributed by atoms with Gasteiger partial charge < -0.3 is 9.47 Å². The number of halogens is 1. The van der Waals surface area contributed by atoms with Crippen molar-refractivity contribution in [1.82, 2.24) is 0 Å². The zero-order valence-electron chi connectivity index (χ0n) is 11.1. The Hall–Kier alpha value is -2.54. The van der Waals surface area contributed by atoms with E-state index in [-0.39, 0.29) is 12.2 Å². The lowest BCUT2D eigenvalue weighted by molar-refractivity contribution is 0.294. The third-order valence-electron chi connectivity index (χ3n) is 2.71. The zero-order valence-corrected chi connectivity index (χ0v) is 11.1. The Bertz CT molecular complexity index is 635. The molecule has 0 aromatic heterocycles. The summed E-state index contributed by atoms with van der Waals surface area (Å²) in [4.78, 5) is 0. The van der Waals surface area contributed by atoms with Crippen LogP contribution in [0.3, 0.4) is 0 Å². The molecule has 0 saturated heterocycles. The molecule has 4 heteroatoms. The number of hydrogen-bond donors (Lipinski definition) is 0. The van der Waals surface area contributed by atoms with Gasteiger partial charge in [-0.1, -0.05) is 18.2 Å². The highest BCUT2D eigenvalue weighted by molar-refractivity contribution is 5.36. The maximum absolute atomic E-state index is 13.8. The molecule has 2 aromatic carbocycles. The summed E-state index contributed by atoms with van der Waals surface area (Å²) in [5.41, 5.74) is 0.375. The Morgan fingerprint density at radius 2 is 1.80 bits per heavy atom. The Labute approximate surface area is 117 Å². The van der Waals surface area contributed by atoms with Crippen LogP contribution in [0.1, 0.15) is 18.1 Å². The number of ether oxygens (including phenoxy) is 2. The summed E-state index contributed by atoms with van der Waals surface area (Å²) in [6, 6.07) is 13.6. The van der Waals surface area contributed by atoms with Crippen molar-refractivity contribution in [1.29, 1.82) is 5.26 Å². The van der Waals surface area contributed by atoms with Crippen LogP contribution >= 0.6 is 0 Å². The quantitative estimate of drug-likeness (QED) is 0.833. The Morgan fingerprint density at radius 3 is 2.50 bits per heavy atom. The summed E-state index contributed by atoms with van der Waals surface area (Å²) in [6.07, 6.45) is 0. The van der Waals surface area contributed by atoms with Crippen molar-refractivity contribution >= 4 is 0 Å². The van der Waals surface area contributed by atoms with Crippen molar-refractivity contribution in [2.24, 2.45) is 0 Å². The Morgan fingerprint density at radius 1 is 1.10 bits per heavy atom. The van der Waals surface area contributed by atoms with Crippen LogP contribution in [0.25, 0.3) is 0 Å². The summed E-state index contributed by atoms with van der Waals surface area (Å²) in [5.74, 6) is 0.768. The van der Waals surface area contributed by atoms with Crippen LogP contribution in [-0.2, 0) is 6.61 Å². The molecule has 0 aliphatic carbocycles. The molecular formula is C16H14FNO2. The van der Waals surface area contributed by atoms with Crippen LogP contribution in [0.15, 0.2) is 42.5 Å². The molecular weight excluding hydrogens is 257 g/mol. The van der Waals surface area contributed by atoms with Crippen molar-refractivity contribution < 1.29 is 13.9 Å². The van der Waals surface area contributed by atoms with Gasteiger partial charge in [0, 0.05) is 11.6 Å². The predicted octanol–water partition coefficient (Wildman–Crippen LogP) is 3.68. The highest BCUT2D eigenvalue weighted by Gasteiger charge is 2.08. The van der Waals surface area contributed by atoms with Gasteiger partial charge in [-0.05, 0) is 25.1 Å². The molecule has 0 N–H and O–H groups in total. The van der Waals surface area contributed by atoms with Crippen LogP contribution in [0.5, 0.6) is 11.5 Å². The van der Waals surface area contributed by atoms with Crippen LogP contribution in [-0.4, -0.2) is 6.61 Å². The lowest BCUT2D eigenvalue weighted by Gasteiger charge is -2.09. The molecule has 0 fully saturated rings. The van der Waals surface area contributed by atoms with Gasteiger partial charge in [-0.15, -0.1) is 0 Å². The number of benzene rings is 2. The van der Waals surface area contributed by atoms with Gasteiger partial charge in [0.05, 0.1) is 12.2 Å². The van der Waals surface area contributed by atoms with Crippen molar-refractivity contribution in [2.75, 3.05) is 6.61 Å². The van der Waals surface area contributed by atoms with E-state index in [9.17, 15) is 4.39 Å². The van der Waals surface area contributed by atoms with E-state index in [0.29, 0.717) is 23.7 Å². The largest absolute Gasteiger partial charge is 0.494 e. The normalized spacial score (nSPS) is 9.85. The van der Waals surface area contributed by atoms with E-state index in [1.54, 1.807) is 24.3 Å². The van der Waals surface area contributed by atoms with Gasteiger partial charge in [-0.2, -0.15) is 5.26 Å². The predicted molar refractivity (Wildman–Crippen MR) is 73.1 cm³/mol. The third-order valence-corrected chi connectivity index (χ3v) is 2.71. The average Bonchev–Trinajstić information content (AvgIpc) is 2.47. The van der Waals surface area contributed by atoms with Crippen molar-refractivity contribution in [3.63, 3.8) is 0 Å². The number of nitriles is 1. The minimum Gasteiger partial charge on any atom is -0.494 e. The minimum atomic E-state index is -0.532. The van der Waals surface area contributed by atoms with Gasteiger partial charge in [-0.25, -0.2) is 4.39 Å². The summed E-state index contributed by atoms with van der Waals surface area (Å²) in [7, 11) is 0. The van der Waals surface area contributed by atoms with Crippen molar-refractivity contribution in [2.45, 2.75) is 13.5 Å². The van der Waals surface area contributed by atoms with E-state index in [0.717, 1.165) is 0 Å². The molecule has 0 unspecified atom stereocenters. The van der Waals surface area contributed by atoms with Gasteiger partial charge in [0.1, 0.15) is 30.0 Å². The topological polar surface area (TPSA) is 42.2 Å². The van der Waals surface area contributed by atoms with Gasteiger partial charge in [-0.3, -0.25) is 0 Å². The van der Waals surface area contributed by atoms with Crippen LogP contribution in [0.2, 0.25) is 0 Å². The monoisotopic (exact) mass is 271 g/mol. The molecule has 3 nitrogen and oxygen atoms in total. The number of hydrogen-bond acceptors (Lipinski definition) is 3. The molecule has 102 valence electrons. The molecule has 0 aliphatic heterocycles. The fourth-order valence-electron chi connectivity index (χ4n) is 1.76. The first-order valence-electron chi connectivity index (χ1n) is 6.27. The lowest BCUT2D eigenvalue weighted by atomic mass is 10.1. The molecule has 2 aromatic rings. The van der Waals surface area contributed by atoms with Crippen LogP contribution in [0, 0.1) is 17.1 Å². The summed E-state index contributed by atoms with van der Waals surface area (Å²) in [6.45, 7) is 2.54. The molecule has 2 rings (SSSR count). The second kappa shape index (κ2) is 6.58. The lowest BCUT2D eigenvalue weighted by Crippen LogP contribution is -2.00. The first-order chi connectivity index (χ1) is 9.74. The van der Waals surface area contributed by atoms with E-state index >= 15 is 0 Å². The second-order valence-electron chi connectivity index (χ2n) is 4.09. The van der Waals surface area contributed by atoms with E-state index in [1.807, 2.05) is 25.1 Å². The first-order valence-corrected chi connectivity index (χ1v) is 6.27. The van der Waals surface area contributed by atoms with Crippen LogP contribution in [0.4, 0.5) is 4.39 Å². The van der Waals surface area contributed by atoms with Gasteiger partial charge in [0.25, 0.3) is 0 Å². The maximum atomic E-state index is 13.8. The molecule has 0 aliphatic rings. The number of rotatable bonds is 5. The Balaban J connectivity index is 2.09. The maximum Gasteiger partial charge on any atom is 0.147 e. The molecule has 20 heavy (non-hydrogen) atoms. The molecule has 0 amide bonds. The summed E-state index contributed by atoms with van der Waals surface area (Å²) in [5, 5.41) is 8.78. The fourth-order valence-corrected chi connectivity index (χ4v) is 1.76. The smallest absolute Gasteiger partial charge is 0.147 e. The molecule has 0 atom stereocenters. The molecule has 0 radical (unpaired) electrons. The third kappa shape index (κ3) is 3.27. The SMILES string of the molecule is CCOc1cccc(OCc2cccc(C#N)c2F)c1. The van der Waals surface area contributed by atoms with E-state index in [1.165, 1.54) is 6.07 Å². The zero-order chi connectivity index (χ0) is 14.4. The molecule has 0 bridgehead atoms. The van der Waals surface area contributed by atoms with Gasteiger partial charge in [0.15, 0.2) is 0 Å². The fraction of sp³-hybridized carbons (Fsp3) is 0.188. The van der Waals surface area contributed by atoms with Gasteiger partial charge >= 0.3 is 0 Å². The highest BCUT2D eigenvalue weighted by Crippen LogP contribution is 2.21. The summed E-state index contributed by atoms with van der Waals surface area (Å²) >= 11 is 0. The standard InChI is InChI=1S/C16H14FNO2/c1-2-19-14-7-4-8-15(9-14)20-11-13-6-3-5-12(10-18)16(13)17/h3-9H,2,11H2,1H3. The van der Waals surface area contributed by atoms with E-state index < -0.39 is 5.82 Å². The molecule has 0 spiro atoms. The van der Waals surface area contributed by atoms with Crippen molar-refractivity contribution in [3.8, 4) is 17.6 Å². The number of nitrogens with zero attached hydrogens (tertiary/aromatic N) is 1. The minimum absolute atomic E-state index is 0.0224. The highest BCUT2D eigenvalue weighted by atomic mass is 19.1. The van der Waals surface area contributed by atoms with E-state index in [4.69, 9.17) is 14.7 Å². The molecule has 0 heterocycles. The first kappa shape index (κ1) is 13.9. The van der Waals surface area contributed by atoms with Crippen molar-refractivity contribution in [3.05, 3.63) is 59.4 Å². The Kier molecular flexibility index (Phi) is 4.56. The van der Waals surface area contributed by atoms with E-state index in [2.05, 4.69) is 0 Å². The van der Waals surface area contributed by atoms with Crippen LogP contribution < -0.4 is 9.47 Å². The summed E-state index contributed by atoms with van der Waals surface area (Å²) < 4.78 is 24.7. The average molecular weight is 271 g/mol. The molecule has 0 saturated carbocycles. The second-order valence-corrected chi connectivity index (χ2v) is 4.09. The van der Waals surface area contributed by atoms with Gasteiger partial charge in [0.2, 0.25) is 0 Å².